The van der Waals surface area contributed by atoms with E-state index < -0.39 is 0 Å². The minimum absolute atomic E-state index is 0.672. The Labute approximate surface area is 83.0 Å². The molecule has 0 fully saturated rings. The molecule has 0 heteroatoms. The van der Waals surface area contributed by atoms with Crippen LogP contribution in [0.25, 0.3) is 0 Å². The van der Waals surface area contributed by atoms with Crippen LogP contribution in [0.2, 0.25) is 0 Å². The molecule has 0 saturated carbocycles. The van der Waals surface area contributed by atoms with Crippen LogP contribution in [0.3, 0.4) is 0 Å². The van der Waals surface area contributed by atoms with E-state index in [1.54, 1.807) is 0 Å². The smallest absolute Gasteiger partial charge is 0.0196 e. The molecular weight excluding hydrogens is 156 g/mol. The van der Waals surface area contributed by atoms with Crippen molar-refractivity contribution in [2.45, 2.75) is 41.0 Å². The number of hydrogen-bond acceptors (Lipinski definition) is 0. The zero-order valence-corrected chi connectivity index (χ0v) is 9.59. The molecule has 1 unspecified atom stereocenters. The molecule has 0 aromatic heterocycles. The number of rotatable bonds is 4. The highest BCUT2D eigenvalue weighted by molar-refractivity contribution is 5.27. The van der Waals surface area contributed by atoms with Crippen LogP contribution in [-0.2, 0) is 0 Å². The SMILES string of the molecule is C\C=C(C)/C=C\C(=C/C)C(C)CC. The van der Waals surface area contributed by atoms with Crippen molar-refractivity contribution in [3.05, 3.63) is 35.5 Å². The normalized spacial score (nSPS) is 16.7. The zero-order chi connectivity index (χ0) is 10.3. The molecule has 13 heavy (non-hydrogen) atoms. The van der Waals surface area contributed by atoms with Gasteiger partial charge >= 0.3 is 0 Å². The van der Waals surface area contributed by atoms with Gasteiger partial charge in [0.05, 0.1) is 0 Å². The van der Waals surface area contributed by atoms with Gasteiger partial charge in [-0.15, -0.1) is 0 Å². The monoisotopic (exact) mass is 178 g/mol. The first kappa shape index (κ1) is 12.2. The Morgan fingerprint density at radius 1 is 1.15 bits per heavy atom. The van der Waals surface area contributed by atoms with E-state index in [4.69, 9.17) is 0 Å². The van der Waals surface area contributed by atoms with Crippen LogP contribution in [0.1, 0.15) is 41.0 Å². The Hall–Kier alpha value is -0.780. The molecule has 0 amide bonds. The van der Waals surface area contributed by atoms with Crippen LogP contribution < -0.4 is 0 Å². The first-order valence-electron chi connectivity index (χ1n) is 5.12. The molecule has 0 saturated heterocycles. The predicted molar refractivity (Wildman–Crippen MR) is 61.8 cm³/mol. The summed E-state index contributed by atoms with van der Waals surface area (Å²) < 4.78 is 0. The molecule has 0 aliphatic carbocycles. The zero-order valence-electron chi connectivity index (χ0n) is 9.59. The van der Waals surface area contributed by atoms with Crippen molar-refractivity contribution in [3.63, 3.8) is 0 Å². The lowest BCUT2D eigenvalue weighted by Gasteiger charge is -2.08. The van der Waals surface area contributed by atoms with Gasteiger partial charge in [0.1, 0.15) is 0 Å². The van der Waals surface area contributed by atoms with Gasteiger partial charge in [0.15, 0.2) is 0 Å². The van der Waals surface area contributed by atoms with Gasteiger partial charge in [-0.25, -0.2) is 0 Å². The Bertz CT molecular complexity index is 216. The van der Waals surface area contributed by atoms with Gasteiger partial charge in [-0.3, -0.25) is 0 Å². The van der Waals surface area contributed by atoms with Crippen LogP contribution in [0, 0.1) is 5.92 Å². The van der Waals surface area contributed by atoms with Crippen molar-refractivity contribution in [3.8, 4) is 0 Å². The fourth-order valence-corrected chi connectivity index (χ4v) is 1.10. The maximum Gasteiger partial charge on any atom is -0.0196 e. The van der Waals surface area contributed by atoms with E-state index >= 15 is 0 Å². The molecule has 0 aromatic carbocycles. The summed E-state index contributed by atoms with van der Waals surface area (Å²) in [7, 11) is 0. The summed E-state index contributed by atoms with van der Waals surface area (Å²) in [6.45, 7) is 10.8. The third-order valence-corrected chi connectivity index (χ3v) is 2.51. The second kappa shape index (κ2) is 6.71. The van der Waals surface area contributed by atoms with Crippen molar-refractivity contribution >= 4 is 0 Å². The summed E-state index contributed by atoms with van der Waals surface area (Å²) in [4.78, 5) is 0. The molecule has 0 rings (SSSR count). The first-order chi connectivity index (χ1) is 6.15. The average molecular weight is 178 g/mol. The molecule has 0 N–H and O–H groups in total. The lowest BCUT2D eigenvalue weighted by Crippen LogP contribution is -1.94. The fourth-order valence-electron chi connectivity index (χ4n) is 1.10. The highest BCUT2D eigenvalue weighted by Crippen LogP contribution is 2.15. The van der Waals surface area contributed by atoms with Crippen molar-refractivity contribution < 1.29 is 0 Å². The summed E-state index contributed by atoms with van der Waals surface area (Å²) >= 11 is 0. The molecular formula is C13H22. The Morgan fingerprint density at radius 3 is 2.15 bits per heavy atom. The molecule has 0 bridgehead atoms. The third-order valence-electron chi connectivity index (χ3n) is 2.51. The second-order valence-corrected chi connectivity index (χ2v) is 3.46. The Morgan fingerprint density at radius 2 is 1.77 bits per heavy atom. The van der Waals surface area contributed by atoms with Gasteiger partial charge in [-0.2, -0.15) is 0 Å². The van der Waals surface area contributed by atoms with E-state index in [0.29, 0.717) is 5.92 Å². The quantitative estimate of drug-likeness (QED) is 0.556. The topological polar surface area (TPSA) is 0 Å². The van der Waals surface area contributed by atoms with E-state index in [1.165, 1.54) is 17.6 Å². The van der Waals surface area contributed by atoms with Gasteiger partial charge < -0.3 is 0 Å². The molecule has 0 spiro atoms. The van der Waals surface area contributed by atoms with E-state index in [2.05, 4.69) is 58.9 Å². The van der Waals surface area contributed by atoms with Crippen LogP contribution >= 0.6 is 0 Å². The van der Waals surface area contributed by atoms with Crippen molar-refractivity contribution in [1.82, 2.24) is 0 Å². The maximum absolute atomic E-state index is 2.27. The highest BCUT2D eigenvalue weighted by atomic mass is 14.1. The van der Waals surface area contributed by atoms with Crippen LogP contribution in [0.15, 0.2) is 35.5 Å². The summed E-state index contributed by atoms with van der Waals surface area (Å²) in [5, 5.41) is 0. The van der Waals surface area contributed by atoms with Gasteiger partial charge in [-0.05, 0) is 38.7 Å². The summed E-state index contributed by atoms with van der Waals surface area (Å²) in [5.74, 6) is 0.672. The van der Waals surface area contributed by atoms with Gasteiger partial charge in [0.25, 0.3) is 0 Å². The average Bonchev–Trinajstić information content (AvgIpc) is 2.17. The Kier molecular flexibility index (Phi) is 6.30. The Balaban J connectivity index is 4.39. The van der Waals surface area contributed by atoms with Crippen molar-refractivity contribution in [2.24, 2.45) is 5.92 Å². The van der Waals surface area contributed by atoms with Crippen molar-refractivity contribution in [1.29, 1.82) is 0 Å². The number of allylic oxidation sites excluding steroid dienone is 6. The maximum atomic E-state index is 2.27. The lowest BCUT2D eigenvalue weighted by molar-refractivity contribution is 0.669. The molecule has 0 nitrogen and oxygen atoms in total. The molecule has 74 valence electrons. The van der Waals surface area contributed by atoms with E-state index in [1.807, 2.05) is 0 Å². The molecule has 0 aromatic rings. The largest absolute Gasteiger partial charge is 0.0847 e. The molecule has 0 aliphatic rings. The van der Waals surface area contributed by atoms with Crippen molar-refractivity contribution in [2.75, 3.05) is 0 Å². The third kappa shape index (κ3) is 4.72. The van der Waals surface area contributed by atoms with Crippen LogP contribution in [-0.4, -0.2) is 0 Å². The van der Waals surface area contributed by atoms with E-state index in [-0.39, 0.29) is 0 Å². The second-order valence-electron chi connectivity index (χ2n) is 3.46. The summed E-state index contributed by atoms with van der Waals surface area (Å²) in [6.07, 6.45) is 9.94. The minimum atomic E-state index is 0.672. The van der Waals surface area contributed by atoms with E-state index in [9.17, 15) is 0 Å². The standard InChI is InChI=1S/C13H22/c1-6-11(4)9-10-13(8-3)12(5)7-2/h6,8-10,12H,7H2,1-5H3/b10-9-,11-6-,13-8+. The minimum Gasteiger partial charge on any atom is -0.0847 e. The van der Waals surface area contributed by atoms with Crippen LogP contribution in [0.4, 0.5) is 0 Å². The van der Waals surface area contributed by atoms with E-state index in [0.717, 1.165) is 0 Å². The molecule has 1 atom stereocenters. The van der Waals surface area contributed by atoms with Gasteiger partial charge in [0.2, 0.25) is 0 Å². The summed E-state index contributed by atoms with van der Waals surface area (Å²) in [6, 6.07) is 0. The molecule has 0 heterocycles. The van der Waals surface area contributed by atoms with Crippen LogP contribution in [0.5, 0.6) is 0 Å². The molecule has 0 radical (unpaired) electrons. The van der Waals surface area contributed by atoms with Gasteiger partial charge in [0, 0.05) is 0 Å². The van der Waals surface area contributed by atoms with Gasteiger partial charge in [-0.1, -0.05) is 43.7 Å². The number of hydrogen-bond donors (Lipinski definition) is 0. The first-order valence-corrected chi connectivity index (χ1v) is 5.12. The lowest BCUT2D eigenvalue weighted by atomic mass is 9.97. The summed E-state index contributed by atoms with van der Waals surface area (Å²) in [5.41, 5.74) is 2.76. The molecule has 0 aliphatic heterocycles. The highest BCUT2D eigenvalue weighted by Gasteiger charge is 2.00. The fraction of sp³-hybridized carbons (Fsp3) is 0.538. The predicted octanol–water partition coefficient (Wildman–Crippen LogP) is 4.50.